The molecule has 11 heteroatoms. The average Bonchev–Trinajstić information content (AvgIpc) is 3.04. The van der Waals surface area contributed by atoms with Crippen LogP contribution < -0.4 is 9.62 Å². The highest BCUT2D eigenvalue weighted by Crippen LogP contribution is 2.28. The fourth-order valence-corrected chi connectivity index (χ4v) is 6.66. The summed E-state index contributed by atoms with van der Waals surface area (Å²) in [5.74, 6) is -0.942. The van der Waals surface area contributed by atoms with Crippen molar-refractivity contribution in [1.82, 2.24) is 10.2 Å². The Morgan fingerprint density at radius 3 is 2.09 bits per heavy atom. The minimum atomic E-state index is -4.22. The largest absolute Gasteiger partial charge is 0.352 e. The van der Waals surface area contributed by atoms with E-state index >= 15 is 0 Å². The predicted molar refractivity (Wildman–Crippen MR) is 186 cm³/mol. The first-order valence-electron chi connectivity index (χ1n) is 14.8. The van der Waals surface area contributed by atoms with Crippen LogP contribution in [0.3, 0.4) is 0 Å². The second-order valence-corrected chi connectivity index (χ2v) is 14.2. The summed E-state index contributed by atoms with van der Waals surface area (Å²) in [5, 5.41) is 4.06. The highest BCUT2D eigenvalue weighted by Gasteiger charge is 2.35. The van der Waals surface area contributed by atoms with Crippen molar-refractivity contribution >= 4 is 62.3 Å². The first-order chi connectivity index (χ1) is 21.9. The van der Waals surface area contributed by atoms with Crippen LogP contribution in [0.25, 0.3) is 0 Å². The lowest BCUT2D eigenvalue weighted by atomic mass is 10.0. The summed E-state index contributed by atoms with van der Waals surface area (Å²) in [6.45, 7) is 5.09. The molecule has 0 heterocycles. The van der Waals surface area contributed by atoms with Crippen molar-refractivity contribution in [2.24, 2.45) is 0 Å². The van der Waals surface area contributed by atoms with E-state index in [0.29, 0.717) is 27.1 Å². The van der Waals surface area contributed by atoms with Crippen LogP contribution in [0.5, 0.6) is 0 Å². The minimum absolute atomic E-state index is 0.0206. The van der Waals surface area contributed by atoms with E-state index in [9.17, 15) is 18.0 Å². The van der Waals surface area contributed by atoms with Crippen molar-refractivity contribution in [3.63, 3.8) is 0 Å². The van der Waals surface area contributed by atoms with Crippen LogP contribution in [0.2, 0.25) is 15.1 Å². The molecule has 0 spiro atoms. The summed E-state index contributed by atoms with van der Waals surface area (Å²) in [5.41, 5.74) is 2.59. The zero-order valence-electron chi connectivity index (χ0n) is 25.8. The van der Waals surface area contributed by atoms with Gasteiger partial charge in [0.25, 0.3) is 10.0 Å². The molecule has 0 fully saturated rings. The van der Waals surface area contributed by atoms with Crippen LogP contribution >= 0.6 is 34.8 Å². The van der Waals surface area contributed by atoms with E-state index in [1.807, 2.05) is 51.1 Å². The lowest BCUT2D eigenvalue weighted by molar-refractivity contribution is -0.140. The van der Waals surface area contributed by atoms with Crippen LogP contribution in [0.1, 0.15) is 37.0 Å². The fraction of sp³-hybridized carbons (Fsp3) is 0.257. The maximum atomic E-state index is 14.5. The molecule has 4 aromatic rings. The molecule has 2 atom stereocenters. The molecule has 0 aliphatic rings. The van der Waals surface area contributed by atoms with Gasteiger partial charge in [-0.3, -0.25) is 13.9 Å². The van der Waals surface area contributed by atoms with Crippen LogP contribution in [-0.4, -0.2) is 43.8 Å². The molecule has 46 heavy (non-hydrogen) atoms. The fourth-order valence-electron chi connectivity index (χ4n) is 4.80. The molecule has 0 unspecified atom stereocenters. The minimum Gasteiger partial charge on any atom is -0.352 e. The number of halogens is 3. The Morgan fingerprint density at radius 1 is 0.826 bits per heavy atom. The van der Waals surface area contributed by atoms with Crippen LogP contribution in [0.4, 0.5) is 5.69 Å². The number of carbonyl (C=O) groups excluding carboxylic acids is 2. The van der Waals surface area contributed by atoms with E-state index in [2.05, 4.69) is 5.32 Å². The molecule has 1 N–H and O–H groups in total. The normalized spacial score (nSPS) is 12.7. The second-order valence-electron chi connectivity index (χ2n) is 11.1. The van der Waals surface area contributed by atoms with Gasteiger partial charge in [0.05, 0.1) is 20.6 Å². The standard InChI is InChI=1S/C35H36Cl3N3O4S/c1-4-25(3)39-35(43)33(21-26-8-6-5-7-9-26)40(22-27-12-19-31(37)32(38)20-27)34(42)23-41(29-15-13-28(36)14-16-29)46(44,45)30-17-10-24(2)11-18-30/h5-20,25,33H,4,21-23H2,1-3H3,(H,39,43)/t25-,33-/m0/s1. The first-order valence-corrected chi connectivity index (χ1v) is 17.4. The number of aryl methyl sites for hydroxylation is 1. The molecule has 4 rings (SSSR count). The molecule has 0 aliphatic carbocycles. The number of benzene rings is 4. The predicted octanol–water partition coefficient (Wildman–Crippen LogP) is 7.71. The van der Waals surface area contributed by atoms with Gasteiger partial charge in [0, 0.05) is 24.0 Å². The van der Waals surface area contributed by atoms with E-state index in [0.717, 1.165) is 15.4 Å². The number of anilines is 1. The molecule has 2 amide bonds. The summed E-state index contributed by atoms with van der Waals surface area (Å²) in [6, 6.07) is 25.8. The van der Waals surface area contributed by atoms with Gasteiger partial charge in [0.1, 0.15) is 12.6 Å². The average molecular weight is 701 g/mol. The van der Waals surface area contributed by atoms with E-state index in [-0.39, 0.29) is 35.5 Å². The number of rotatable bonds is 13. The number of carbonyl (C=O) groups is 2. The van der Waals surface area contributed by atoms with Crippen LogP contribution in [0, 0.1) is 6.92 Å². The Bertz CT molecular complexity index is 1750. The van der Waals surface area contributed by atoms with Gasteiger partial charge in [-0.15, -0.1) is 0 Å². The monoisotopic (exact) mass is 699 g/mol. The number of nitrogens with zero attached hydrogens (tertiary/aromatic N) is 2. The lowest BCUT2D eigenvalue weighted by Crippen LogP contribution is -2.54. The molecular weight excluding hydrogens is 665 g/mol. The maximum Gasteiger partial charge on any atom is 0.264 e. The molecule has 242 valence electrons. The van der Waals surface area contributed by atoms with Gasteiger partial charge in [-0.05, 0) is 79.9 Å². The lowest BCUT2D eigenvalue weighted by Gasteiger charge is -2.34. The van der Waals surface area contributed by atoms with Crippen molar-refractivity contribution in [2.45, 2.75) is 57.1 Å². The Morgan fingerprint density at radius 2 is 1.48 bits per heavy atom. The molecule has 0 saturated heterocycles. The topological polar surface area (TPSA) is 86.8 Å². The highest BCUT2D eigenvalue weighted by atomic mass is 35.5. The summed E-state index contributed by atoms with van der Waals surface area (Å²) >= 11 is 18.7. The molecule has 0 aliphatic heterocycles. The van der Waals surface area contributed by atoms with Gasteiger partial charge < -0.3 is 10.2 Å². The van der Waals surface area contributed by atoms with Crippen molar-refractivity contribution in [1.29, 1.82) is 0 Å². The Labute approximate surface area is 286 Å². The second kappa shape index (κ2) is 15.8. The van der Waals surface area contributed by atoms with Gasteiger partial charge in [0.2, 0.25) is 11.8 Å². The zero-order valence-corrected chi connectivity index (χ0v) is 28.9. The van der Waals surface area contributed by atoms with E-state index in [1.165, 1.54) is 17.0 Å². The molecular formula is C35H36Cl3N3O4S. The van der Waals surface area contributed by atoms with Gasteiger partial charge in [-0.1, -0.05) is 95.8 Å². The third-order valence-corrected chi connectivity index (χ3v) is 10.4. The third-order valence-electron chi connectivity index (χ3n) is 7.61. The van der Waals surface area contributed by atoms with Gasteiger partial charge >= 0.3 is 0 Å². The van der Waals surface area contributed by atoms with E-state index in [4.69, 9.17) is 34.8 Å². The number of hydrogen-bond acceptors (Lipinski definition) is 4. The molecule has 4 aromatic carbocycles. The zero-order chi connectivity index (χ0) is 33.4. The highest BCUT2D eigenvalue weighted by molar-refractivity contribution is 7.92. The quantitative estimate of drug-likeness (QED) is 0.155. The van der Waals surface area contributed by atoms with Crippen molar-refractivity contribution in [2.75, 3.05) is 10.8 Å². The van der Waals surface area contributed by atoms with Crippen molar-refractivity contribution in [3.8, 4) is 0 Å². The molecule has 0 bridgehead atoms. The summed E-state index contributed by atoms with van der Waals surface area (Å²) in [6.07, 6.45) is 0.880. The van der Waals surface area contributed by atoms with Crippen LogP contribution in [0.15, 0.2) is 102 Å². The Balaban J connectivity index is 1.82. The summed E-state index contributed by atoms with van der Waals surface area (Å²) in [7, 11) is -4.22. The molecule has 0 radical (unpaired) electrons. The molecule has 0 saturated carbocycles. The summed E-state index contributed by atoms with van der Waals surface area (Å²) in [4.78, 5) is 29.9. The van der Waals surface area contributed by atoms with Crippen molar-refractivity contribution < 1.29 is 18.0 Å². The molecule has 0 aromatic heterocycles. The number of hydrogen-bond donors (Lipinski definition) is 1. The van der Waals surface area contributed by atoms with Gasteiger partial charge in [0.15, 0.2) is 0 Å². The Hall–Kier alpha value is -3.56. The van der Waals surface area contributed by atoms with E-state index in [1.54, 1.807) is 54.6 Å². The Kier molecular flexibility index (Phi) is 12.1. The molecule has 7 nitrogen and oxygen atoms in total. The first kappa shape index (κ1) is 35.3. The van der Waals surface area contributed by atoms with Crippen LogP contribution in [-0.2, 0) is 32.6 Å². The number of nitrogens with one attached hydrogen (secondary N) is 1. The number of sulfonamides is 1. The third kappa shape index (κ3) is 9.04. The number of amides is 2. The summed E-state index contributed by atoms with van der Waals surface area (Å²) < 4.78 is 29.3. The van der Waals surface area contributed by atoms with E-state index < -0.39 is 28.5 Å². The SMILES string of the molecule is CC[C@H](C)NC(=O)[C@H](Cc1ccccc1)N(Cc1ccc(Cl)c(Cl)c1)C(=O)CN(c1ccc(Cl)cc1)S(=O)(=O)c1ccc(C)cc1. The van der Waals surface area contributed by atoms with Gasteiger partial charge in [-0.25, -0.2) is 8.42 Å². The van der Waals surface area contributed by atoms with Crippen molar-refractivity contribution in [3.05, 3.63) is 129 Å². The smallest absolute Gasteiger partial charge is 0.264 e. The van der Waals surface area contributed by atoms with Gasteiger partial charge in [-0.2, -0.15) is 0 Å². The maximum absolute atomic E-state index is 14.5.